The third kappa shape index (κ3) is 3.19. The van der Waals surface area contributed by atoms with Crippen LogP contribution in [-0.2, 0) is 10.0 Å². The molecule has 0 spiro atoms. The normalized spacial score (nSPS) is 19.9. The van der Waals surface area contributed by atoms with Crippen molar-refractivity contribution in [1.82, 2.24) is 4.31 Å². The lowest BCUT2D eigenvalue weighted by molar-refractivity contribution is 0.245. The van der Waals surface area contributed by atoms with Crippen molar-refractivity contribution in [3.8, 4) is 11.5 Å². The van der Waals surface area contributed by atoms with Gasteiger partial charge in [0.2, 0.25) is 10.0 Å². The maximum atomic E-state index is 13.1. The van der Waals surface area contributed by atoms with Gasteiger partial charge in [-0.25, -0.2) is 8.42 Å². The average Bonchev–Trinajstić information content (AvgIpc) is 2.54. The second kappa shape index (κ2) is 7.06. The molecule has 0 radical (unpaired) electrons. The Morgan fingerprint density at radius 1 is 1.23 bits per heavy atom. The second-order valence-corrected chi connectivity index (χ2v) is 7.58. The first-order chi connectivity index (χ1) is 10.5. The molecule has 124 valence electrons. The Morgan fingerprint density at radius 3 is 2.50 bits per heavy atom. The quantitative estimate of drug-likeness (QED) is 0.820. The Hall–Kier alpha value is -0.980. The zero-order valence-electron chi connectivity index (χ0n) is 13.1. The summed E-state index contributed by atoms with van der Waals surface area (Å²) in [4.78, 5) is 0.108. The van der Waals surface area contributed by atoms with Gasteiger partial charge in [-0.3, -0.25) is 0 Å². The van der Waals surface area contributed by atoms with Crippen molar-refractivity contribution in [2.45, 2.75) is 43.5 Å². The van der Waals surface area contributed by atoms with Crippen molar-refractivity contribution in [3.05, 3.63) is 17.2 Å². The number of hydrogen-bond donors (Lipinski definition) is 0. The van der Waals surface area contributed by atoms with E-state index in [1.165, 1.54) is 26.4 Å². The molecule has 0 aromatic heterocycles. The smallest absolute Gasteiger partial charge is 0.247 e. The number of piperidine rings is 1. The second-order valence-electron chi connectivity index (χ2n) is 5.31. The third-order valence-electron chi connectivity index (χ3n) is 4.07. The van der Waals surface area contributed by atoms with E-state index in [0.29, 0.717) is 17.3 Å². The van der Waals surface area contributed by atoms with E-state index < -0.39 is 10.0 Å². The Morgan fingerprint density at radius 2 is 1.91 bits per heavy atom. The van der Waals surface area contributed by atoms with Gasteiger partial charge in [-0.05, 0) is 19.3 Å². The van der Waals surface area contributed by atoms with E-state index in [1.54, 1.807) is 4.31 Å². The fraction of sp³-hybridized carbons (Fsp3) is 0.600. The van der Waals surface area contributed by atoms with Crippen molar-refractivity contribution in [2.24, 2.45) is 0 Å². The number of benzene rings is 1. The summed E-state index contributed by atoms with van der Waals surface area (Å²) in [6.07, 6.45) is 3.63. The molecule has 0 unspecified atom stereocenters. The van der Waals surface area contributed by atoms with Crippen LogP contribution in [0.2, 0.25) is 5.02 Å². The molecule has 0 amide bonds. The van der Waals surface area contributed by atoms with Gasteiger partial charge in [-0.2, -0.15) is 4.31 Å². The van der Waals surface area contributed by atoms with Gasteiger partial charge < -0.3 is 9.47 Å². The predicted molar refractivity (Wildman–Crippen MR) is 86.4 cm³/mol. The van der Waals surface area contributed by atoms with Crippen LogP contribution >= 0.6 is 11.6 Å². The maximum absolute atomic E-state index is 13.1. The largest absolute Gasteiger partial charge is 0.495 e. The first kappa shape index (κ1) is 17.4. The Bertz CT molecular complexity index is 633. The van der Waals surface area contributed by atoms with Gasteiger partial charge in [0.15, 0.2) is 0 Å². The van der Waals surface area contributed by atoms with Gasteiger partial charge in [0.05, 0.1) is 19.2 Å². The van der Waals surface area contributed by atoms with Crippen LogP contribution in [0, 0.1) is 0 Å². The van der Waals surface area contributed by atoms with Gasteiger partial charge in [-0.15, -0.1) is 0 Å². The molecule has 0 saturated carbocycles. The van der Waals surface area contributed by atoms with E-state index in [1.807, 2.05) is 6.92 Å². The molecule has 2 rings (SSSR count). The fourth-order valence-electron chi connectivity index (χ4n) is 2.86. The number of ether oxygens (including phenoxy) is 2. The number of methoxy groups -OCH3 is 2. The van der Waals surface area contributed by atoms with Gasteiger partial charge in [0.25, 0.3) is 0 Å². The number of nitrogens with zero attached hydrogens (tertiary/aromatic N) is 1. The molecular weight excluding hydrogens is 326 g/mol. The van der Waals surface area contributed by atoms with Crippen LogP contribution in [0.5, 0.6) is 11.5 Å². The van der Waals surface area contributed by atoms with Crippen molar-refractivity contribution in [3.63, 3.8) is 0 Å². The third-order valence-corrected chi connectivity index (χ3v) is 6.34. The highest BCUT2D eigenvalue weighted by Gasteiger charge is 2.35. The van der Waals surface area contributed by atoms with Crippen molar-refractivity contribution >= 4 is 21.6 Å². The SMILES string of the molecule is CC[C@H]1CCCCN1S(=O)(=O)c1cc(OC)c(Cl)cc1OC. The van der Waals surface area contributed by atoms with Gasteiger partial charge in [0, 0.05) is 24.7 Å². The molecule has 0 aliphatic carbocycles. The average molecular weight is 348 g/mol. The molecule has 0 N–H and O–H groups in total. The summed E-state index contributed by atoms with van der Waals surface area (Å²) in [6.45, 7) is 2.55. The van der Waals surface area contributed by atoms with E-state index in [4.69, 9.17) is 21.1 Å². The van der Waals surface area contributed by atoms with Gasteiger partial charge in [0.1, 0.15) is 16.4 Å². The number of rotatable bonds is 5. The molecule has 1 heterocycles. The first-order valence-corrected chi connectivity index (χ1v) is 9.20. The minimum absolute atomic E-state index is 0.0325. The molecule has 1 aromatic rings. The van der Waals surface area contributed by atoms with Crippen LogP contribution in [0.25, 0.3) is 0 Å². The molecule has 0 bridgehead atoms. The summed E-state index contributed by atoms with van der Waals surface area (Å²) >= 11 is 6.06. The number of hydrogen-bond acceptors (Lipinski definition) is 4. The summed E-state index contributed by atoms with van der Waals surface area (Å²) < 4.78 is 38.1. The Kier molecular flexibility index (Phi) is 5.58. The minimum Gasteiger partial charge on any atom is -0.495 e. The highest BCUT2D eigenvalue weighted by Crippen LogP contribution is 2.38. The molecule has 1 aliphatic rings. The standard InChI is InChI=1S/C15H22ClNO4S/c1-4-11-7-5-6-8-17(11)22(18,19)15-10-13(20-2)12(16)9-14(15)21-3/h9-11H,4-8H2,1-3H3/t11-/m0/s1. The lowest BCUT2D eigenvalue weighted by atomic mass is 10.0. The van der Waals surface area contributed by atoms with Crippen LogP contribution in [0.1, 0.15) is 32.6 Å². The fourth-order valence-corrected chi connectivity index (χ4v) is 5.01. The van der Waals surface area contributed by atoms with Crippen LogP contribution < -0.4 is 9.47 Å². The summed E-state index contributed by atoms with van der Waals surface area (Å²) in [5.74, 6) is 0.567. The summed E-state index contributed by atoms with van der Waals surface area (Å²) in [5.41, 5.74) is 0. The molecule has 1 saturated heterocycles. The molecule has 1 aliphatic heterocycles. The molecule has 1 fully saturated rings. The highest BCUT2D eigenvalue weighted by atomic mass is 35.5. The zero-order valence-corrected chi connectivity index (χ0v) is 14.7. The molecular formula is C15H22ClNO4S. The zero-order chi connectivity index (χ0) is 16.3. The molecule has 22 heavy (non-hydrogen) atoms. The maximum Gasteiger partial charge on any atom is 0.247 e. The van der Waals surface area contributed by atoms with E-state index in [9.17, 15) is 8.42 Å². The van der Waals surface area contributed by atoms with E-state index in [2.05, 4.69) is 0 Å². The number of sulfonamides is 1. The highest BCUT2D eigenvalue weighted by molar-refractivity contribution is 7.89. The predicted octanol–water partition coefficient (Wildman–Crippen LogP) is 3.31. The summed E-state index contributed by atoms with van der Waals surface area (Å²) in [7, 11) is -0.752. The van der Waals surface area contributed by atoms with Crippen molar-refractivity contribution in [1.29, 1.82) is 0 Å². The van der Waals surface area contributed by atoms with E-state index in [0.717, 1.165) is 25.7 Å². The molecule has 1 aromatic carbocycles. The summed E-state index contributed by atoms with van der Waals surface area (Å²) in [5, 5.41) is 0.323. The van der Waals surface area contributed by atoms with Crippen LogP contribution in [-0.4, -0.2) is 39.5 Å². The molecule has 7 heteroatoms. The topological polar surface area (TPSA) is 55.8 Å². The summed E-state index contributed by atoms with van der Waals surface area (Å²) in [6, 6.07) is 2.96. The first-order valence-electron chi connectivity index (χ1n) is 7.39. The lowest BCUT2D eigenvalue weighted by Gasteiger charge is -2.34. The van der Waals surface area contributed by atoms with E-state index >= 15 is 0 Å². The Balaban J connectivity index is 2.52. The monoisotopic (exact) mass is 347 g/mol. The van der Waals surface area contributed by atoms with Crippen molar-refractivity contribution in [2.75, 3.05) is 20.8 Å². The van der Waals surface area contributed by atoms with Gasteiger partial charge in [-0.1, -0.05) is 24.9 Å². The van der Waals surface area contributed by atoms with E-state index in [-0.39, 0.29) is 16.7 Å². The van der Waals surface area contributed by atoms with Crippen LogP contribution in [0.15, 0.2) is 17.0 Å². The number of halogens is 1. The minimum atomic E-state index is -3.65. The molecule has 1 atom stereocenters. The van der Waals surface area contributed by atoms with Crippen LogP contribution in [0.3, 0.4) is 0 Å². The lowest BCUT2D eigenvalue weighted by Crippen LogP contribution is -2.43. The Labute approximate surface area is 137 Å². The van der Waals surface area contributed by atoms with Crippen LogP contribution in [0.4, 0.5) is 0 Å². The van der Waals surface area contributed by atoms with Gasteiger partial charge >= 0.3 is 0 Å². The van der Waals surface area contributed by atoms with Crippen molar-refractivity contribution < 1.29 is 17.9 Å². The molecule has 5 nitrogen and oxygen atoms in total.